The Hall–Kier alpha value is -0.770. The molecular weight excluding hydrogens is 128 g/mol. The molecule has 0 atom stereocenters. The Morgan fingerprint density at radius 1 is 1.75 bits per heavy atom. The van der Waals surface area contributed by atoms with Gasteiger partial charge in [-0.1, -0.05) is 5.21 Å². The van der Waals surface area contributed by atoms with Crippen LogP contribution >= 0.6 is 12.4 Å². The van der Waals surface area contributed by atoms with Crippen LogP contribution in [0.3, 0.4) is 0 Å². The molecule has 1 heterocycles. The van der Waals surface area contributed by atoms with E-state index in [9.17, 15) is 0 Å². The van der Waals surface area contributed by atoms with E-state index in [-0.39, 0.29) is 12.4 Å². The van der Waals surface area contributed by atoms with Gasteiger partial charge in [0.15, 0.2) is 0 Å². The quantitative estimate of drug-likeness (QED) is 0.580. The van der Waals surface area contributed by atoms with Gasteiger partial charge < -0.3 is 5.32 Å². The average Bonchev–Trinajstić information content (AvgIpc) is 2.14. The van der Waals surface area contributed by atoms with Crippen LogP contribution in [0.5, 0.6) is 0 Å². The Bertz CT molecular complexity index is 126. The van der Waals surface area contributed by atoms with Crippen molar-refractivity contribution >= 4 is 18.2 Å². The van der Waals surface area contributed by atoms with Gasteiger partial charge in [-0.15, -0.1) is 17.5 Å². The van der Waals surface area contributed by atoms with Gasteiger partial charge in [0.25, 0.3) is 0 Å². The fourth-order valence-electron chi connectivity index (χ4n) is 0.319. The monoisotopic (exact) mass is 134 g/mol. The topological polar surface area (TPSA) is 53.6 Å². The van der Waals surface area contributed by atoms with Gasteiger partial charge in [0, 0.05) is 7.05 Å². The van der Waals surface area contributed by atoms with Crippen molar-refractivity contribution < 1.29 is 0 Å². The summed E-state index contributed by atoms with van der Waals surface area (Å²) in [5.74, 6) is 0.833. The zero-order chi connectivity index (χ0) is 5.11. The van der Waals surface area contributed by atoms with E-state index in [1.807, 2.05) is 0 Å². The number of H-pyrrole nitrogens is 1. The smallest absolute Gasteiger partial charge is 0.141 e. The summed E-state index contributed by atoms with van der Waals surface area (Å²) in [6.07, 6.45) is 1.61. The predicted octanol–water partition coefficient (Wildman–Crippen LogP) is 0.268. The number of aromatic nitrogens is 3. The first kappa shape index (κ1) is 7.23. The molecular formula is C3H7ClN4. The molecule has 1 aromatic heterocycles. The minimum atomic E-state index is 0. The van der Waals surface area contributed by atoms with Gasteiger partial charge in [0.2, 0.25) is 0 Å². The Kier molecular flexibility index (Phi) is 2.95. The minimum absolute atomic E-state index is 0. The van der Waals surface area contributed by atoms with Gasteiger partial charge in [0.1, 0.15) is 5.82 Å². The summed E-state index contributed by atoms with van der Waals surface area (Å²) in [4.78, 5) is 0. The Labute approximate surface area is 53.1 Å². The molecule has 1 aromatic rings. The lowest BCUT2D eigenvalue weighted by Gasteiger charge is -1.84. The van der Waals surface area contributed by atoms with E-state index >= 15 is 0 Å². The summed E-state index contributed by atoms with van der Waals surface area (Å²) >= 11 is 0. The number of halogens is 1. The molecule has 1 rings (SSSR count). The molecule has 0 unspecified atom stereocenters. The van der Waals surface area contributed by atoms with E-state index in [1.54, 1.807) is 13.2 Å². The molecule has 0 radical (unpaired) electrons. The summed E-state index contributed by atoms with van der Waals surface area (Å²) in [7, 11) is 1.80. The number of nitrogens with one attached hydrogen (secondary N) is 2. The molecule has 0 fully saturated rings. The van der Waals surface area contributed by atoms with Gasteiger partial charge >= 0.3 is 0 Å². The first-order chi connectivity index (χ1) is 3.43. The standard InChI is InChI=1S/C3H6N4.ClH/c1-4-3-2-5-7-6-3;/h2H,1H3,(H2,4,5,6,7);1H. The van der Waals surface area contributed by atoms with Gasteiger partial charge in [-0.2, -0.15) is 0 Å². The highest BCUT2D eigenvalue weighted by Crippen LogP contribution is 1.89. The first-order valence-corrected chi connectivity index (χ1v) is 1.97. The number of nitrogens with zero attached hydrogens (tertiary/aromatic N) is 2. The van der Waals surface area contributed by atoms with Gasteiger partial charge in [0.05, 0.1) is 6.20 Å². The molecule has 0 saturated heterocycles. The zero-order valence-electron chi connectivity index (χ0n) is 4.38. The van der Waals surface area contributed by atoms with Crippen LogP contribution in [-0.4, -0.2) is 22.5 Å². The predicted molar refractivity (Wildman–Crippen MR) is 33.2 cm³/mol. The largest absolute Gasteiger partial charge is 0.372 e. The molecule has 0 aliphatic carbocycles. The van der Waals surface area contributed by atoms with Crippen molar-refractivity contribution in [3.8, 4) is 0 Å². The van der Waals surface area contributed by atoms with Crippen molar-refractivity contribution in [1.29, 1.82) is 0 Å². The molecule has 0 aromatic carbocycles. The van der Waals surface area contributed by atoms with Crippen molar-refractivity contribution in [1.82, 2.24) is 15.4 Å². The highest BCUT2D eigenvalue weighted by molar-refractivity contribution is 5.85. The van der Waals surface area contributed by atoms with E-state index < -0.39 is 0 Å². The Balaban J connectivity index is 0.000000490. The molecule has 0 saturated carbocycles. The normalized spacial score (nSPS) is 7.62. The second-order valence-corrected chi connectivity index (χ2v) is 1.12. The van der Waals surface area contributed by atoms with Crippen molar-refractivity contribution in [2.75, 3.05) is 12.4 Å². The third kappa shape index (κ3) is 1.38. The van der Waals surface area contributed by atoms with Crippen LogP contribution < -0.4 is 5.32 Å². The van der Waals surface area contributed by atoms with E-state index in [4.69, 9.17) is 0 Å². The number of anilines is 1. The fraction of sp³-hybridized carbons (Fsp3) is 0.333. The molecule has 0 aliphatic rings. The molecule has 4 nitrogen and oxygen atoms in total. The third-order valence-electron chi connectivity index (χ3n) is 0.684. The maximum Gasteiger partial charge on any atom is 0.141 e. The van der Waals surface area contributed by atoms with Crippen LogP contribution in [-0.2, 0) is 0 Å². The molecule has 0 bridgehead atoms. The lowest BCUT2D eigenvalue weighted by molar-refractivity contribution is 0.941. The Morgan fingerprint density at radius 2 is 2.50 bits per heavy atom. The maximum absolute atomic E-state index is 3.52. The summed E-state index contributed by atoms with van der Waals surface area (Å²) in [6.45, 7) is 0. The molecule has 8 heavy (non-hydrogen) atoms. The maximum atomic E-state index is 3.52. The molecule has 0 spiro atoms. The molecule has 2 N–H and O–H groups in total. The molecule has 0 aliphatic heterocycles. The van der Waals surface area contributed by atoms with Gasteiger partial charge in [-0.05, 0) is 0 Å². The van der Waals surface area contributed by atoms with Crippen LogP contribution in [0, 0.1) is 0 Å². The van der Waals surface area contributed by atoms with E-state index in [1.165, 1.54) is 0 Å². The summed E-state index contributed by atoms with van der Waals surface area (Å²) in [6, 6.07) is 0. The van der Waals surface area contributed by atoms with Crippen molar-refractivity contribution in [2.45, 2.75) is 0 Å². The van der Waals surface area contributed by atoms with Gasteiger partial charge in [-0.3, -0.25) is 0 Å². The number of aromatic amines is 1. The van der Waals surface area contributed by atoms with Crippen molar-refractivity contribution in [2.24, 2.45) is 0 Å². The summed E-state index contributed by atoms with van der Waals surface area (Å²) in [5.41, 5.74) is 0. The highest BCUT2D eigenvalue weighted by Gasteiger charge is 1.81. The van der Waals surface area contributed by atoms with Crippen LogP contribution in [0.25, 0.3) is 0 Å². The molecule has 5 heteroatoms. The summed E-state index contributed by atoms with van der Waals surface area (Å²) < 4.78 is 0. The third-order valence-corrected chi connectivity index (χ3v) is 0.684. The van der Waals surface area contributed by atoms with Crippen molar-refractivity contribution in [3.63, 3.8) is 0 Å². The van der Waals surface area contributed by atoms with E-state index in [2.05, 4.69) is 20.7 Å². The first-order valence-electron chi connectivity index (χ1n) is 1.97. The minimum Gasteiger partial charge on any atom is -0.372 e. The molecule has 0 amide bonds. The van der Waals surface area contributed by atoms with Crippen LogP contribution in [0.2, 0.25) is 0 Å². The number of hydrogen-bond donors (Lipinski definition) is 2. The van der Waals surface area contributed by atoms with Crippen LogP contribution in [0.15, 0.2) is 6.20 Å². The van der Waals surface area contributed by atoms with Crippen LogP contribution in [0.1, 0.15) is 0 Å². The van der Waals surface area contributed by atoms with E-state index in [0.717, 1.165) is 5.82 Å². The fourth-order valence-corrected chi connectivity index (χ4v) is 0.319. The SMILES string of the molecule is CNc1cnn[nH]1.Cl. The average molecular weight is 135 g/mol. The number of rotatable bonds is 1. The lowest BCUT2D eigenvalue weighted by Crippen LogP contribution is -1.85. The number of hydrogen-bond acceptors (Lipinski definition) is 3. The second kappa shape index (κ2) is 3.26. The zero-order valence-corrected chi connectivity index (χ0v) is 5.20. The Morgan fingerprint density at radius 3 is 2.75 bits per heavy atom. The van der Waals surface area contributed by atoms with Crippen molar-refractivity contribution in [3.05, 3.63) is 6.20 Å². The van der Waals surface area contributed by atoms with E-state index in [0.29, 0.717) is 0 Å². The summed E-state index contributed by atoms with van der Waals surface area (Å²) in [5, 5.41) is 12.4. The molecule has 46 valence electrons. The van der Waals surface area contributed by atoms with Gasteiger partial charge in [-0.25, -0.2) is 5.10 Å². The highest BCUT2D eigenvalue weighted by atomic mass is 35.5. The van der Waals surface area contributed by atoms with Crippen LogP contribution in [0.4, 0.5) is 5.82 Å². The second-order valence-electron chi connectivity index (χ2n) is 1.12. The lowest BCUT2D eigenvalue weighted by atomic mass is 10.8.